The second-order valence-corrected chi connectivity index (χ2v) is 9.56. The van der Waals surface area contributed by atoms with Crippen LogP contribution in [0.1, 0.15) is 46.4 Å². The van der Waals surface area contributed by atoms with Gasteiger partial charge in [-0.05, 0) is 55.3 Å². The normalized spacial score (nSPS) is 15.2. The van der Waals surface area contributed by atoms with Crippen LogP contribution in [0.2, 0.25) is 5.02 Å². The summed E-state index contributed by atoms with van der Waals surface area (Å²) >= 11 is 5.81. The molecule has 0 amide bonds. The number of Topliss-reactive ketones (excluding diaryl/α,β-unsaturated/α-hetero) is 1. The highest BCUT2D eigenvalue weighted by Gasteiger charge is 2.27. The van der Waals surface area contributed by atoms with Crippen molar-refractivity contribution in [1.29, 1.82) is 0 Å². The lowest BCUT2D eigenvalue weighted by atomic mass is 10.1. The van der Waals surface area contributed by atoms with Crippen molar-refractivity contribution in [1.82, 2.24) is 4.31 Å². The number of benzene rings is 2. The Morgan fingerprint density at radius 2 is 1.65 bits per heavy atom. The first-order valence-corrected chi connectivity index (χ1v) is 11.8. The van der Waals surface area contributed by atoms with Gasteiger partial charge in [0.2, 0.25) is 10.0 Å². The van der Waals surface area contributed by atoms with E-state index >= 15 is 0 Å². The SMILES string of the molecule is COc1ccc(S(=O)(=O)N2CCCCCC2)cc1C(=O)OCC(=O)c1ccc(Cl)cc1. The van der Waals surface area contributed by atoms with Crippen molar-refractivity contribution >= 4 is 33.4 Å². The highest BCUT2D eigenvalue weighted by atomic mass is 35.5. The minimum absolute atomic E-state index is 0.00817. The van der Waals surface area contributed by atoms with E-state index in [1.54, 1.807) is 12.1 Å². The van der Waals surface area contributed by atoms with Crippen LogP contribution in [-0.4, -0.2) is 51.3 Å². The third kappa shape index (κ3) is 5.64. The lowest BCUT2D eigenvalue weighted by molar-refractivity contribution is 0.0471. The highest BCUT2D eigenvalue weighted by molar-refractivity contribution is 7.89. The fourth-order valence-electron chi connectivity index (χ4n) is 3.37. The van der Waals surface area contributed by atoms with Crippen molar-refractivity contribution in [2.45, 2.75) is 30.6 Å². The Morgan fingerprint density at radius 1 is 1.00 bits per heavy atom. The van der Waals surface area contributed by atoms with Crippen LogP contribution in [0, 0.1) is 0 Å². The molecule has 0 spiro atoms. The molecule has 0 bridgehead atoms. The van der Waals surface area contributed by atoms with Gasteiger partial charge < -0.3 is 9.47 Å². The number of hydrogen-bond donors (Lipinski definition) is 0. The molecule has 2 aromatic carbocycles. The molecule has 0 aromatic heterocycles. The summed E-state index contributed by atoms with van der Waals surface area (Å²) in [5.74, 6) is -1.08. The van der Waals surface area contributed by atoms with Gasteiger partial charge in [0, 0.05) is 23.7 Å². The minimum atomic E-state index is -3.75. The standard InChI is InChI=1S/C22H24ClNO6S/c1-29-21-11-10-18(31(27,28)24-12-4-2-3-5-13-24)14-19(21)22(26)30-15-20(25)16-6-8-17(23)9-7-16/h6-11,14H,2-5,12-13,15H2,1H3. The molecule has 1 aliphatic rings. The molecule has 166 valence electrons. The van der Waals surface area contributed by atoms with Crippen molar-refractivity contribution < 1.29 is 27.5 Å². The number of halogens is 1. The molecule has 9 heteroatoms. The Hall–Kier alpha value is -2.42. The zero-order valence-corrected chi connectivity index (χ0v) is 18.7. The van der Waals surface area contributed by atoms with Crippen LogP contribution < -0.4 is 4.74 Å². The summed E-state index contributed by atoms with van der Waals surface area (Å²) in [6.45, 7) is 0.403. The predicted octanol–water partition coefficient (Wildman–Crippen LogP) is 3.95. The van der Waals surface area contributed by atoms with Gasteiger partial charge in [-0.3, -0.25) is 4.79 Å². The summed E-state index contributed by atoms with van der Waals surface area (Å²) in [6, 6.07) is 10.3. The first kappa shape index (κ1) is 23.2. The van der Waals surface area contributed by atoms with E-state index in [-0.39, 0.29) is 16.2 Å². The van der Waals surface area contributed by atoms with Gasteiger partial charge in [0.15, 0.2) is 12.4 Å². The summed E-state index contributed by atoms with van der Waals surface area (Å²) in [7, 11) is -2.39. The minimum Gasteiger partial charge on any atom is -0.496 e. The molecule has 31 heavy (non-hydrogen) atoms. The van der Waals surface area contributed by atoms with E-state index in [1.807, 2.05) is 0 Å². The first-order chi connectivity index (χ1) is 14.8. The van der Waals surface area contributed by atoms with Gasteiger partial charge in [-0.15, -0.1) is 0 Å². The van der Waals surface area contributed by atoms with E-state index in [9.17, 15) is 18.0 Å². The van der Waals surface area contributed by atoms with Crippen molar-refractivity contribution in [2.75, 3.05) is 26.8 Å². The maximum Gasteiger partial charge on any atom is 0.342 e. The molecule has 2 aromatic rings. The van der Waals surface area contributed by atoms with Gasteiger partial charge in [-0.25, -0.2) is 13.2 Å². The van der Waals surface area contributed by atoms with E-state index in [0.717, 1.165) is 25.7 Å². The molecule has 1 heterocycles. The largest absolute Gasteiger partial charge is 0.496 e. The number of ketones is 1. The summed E-state index contributed by atoms with van der Waals surface area (Å²) < 4.78 is 37.9. The van der Waals surface area contributed by atoms with Gasteiger partial charge in [0.05, 0.1) is 12.0 Å². The van der Waals surface area contributed by atoms with Crippen LogP contribution in [-0.2, 0) is 14.8 Å². The smallest absolute Gasteiger partial charge is 0.342 e. The molecule has 0 N–H and O–H groups in total. The molecule has 0 aliphatic carbocycles. The number of sulfonamides is 1. The summed E-state index contributed by atoms with van der Waals surface area (Å²) in [5.41, 5.74) is 0.295. The Bertz CT molecular complexity index is 1040. The highest BCUT2D eigenvalue weighted by Crippen LogP contribution is 2.27. The molecule has 7 nitrogen and oxygen atoms in total. The third-order valence-electron chi connectivity index (χ3n) is 5.09. The van der Waals surface area contributed by atoms with Gasteiger partial charge >= 0.3 is 5.97 Å². The third-order valence-corrected chi connectivity index (χ3v) is 7.24. The number of carbonyl (C=O) groups is 2. The van der Waals surface area contributed by atoms with Crippen LogP contribution in [0.3, 0.4) is 0 Å². The van der Waals surface area contributed by atoms with E-state index in [0.29, 0.717) is 23.7 Å². The molecule has 0 radical (unpaired) electrons. The topological polar surface area (TPSA) is 90.0 Å². The molecule has 3 rings (SSSR count). The number of rotatable bonds is 7. The Morgan fingerprint density at radius 3 is 2.26 bits per heavy atom. The molecule has 1 fully saturated rings. The second-order valence-electron chi connectivity index (χ2n) is 7.19. The van der Waals surface area contributed by atoms with Crippen molar-refractivity contribution in [3.05, 3.63) is 58.6 Å². The maximum atomic E-state index is 13.1. The van der Waals surface area contributed by atoms with Crippen LogP contribution in [0.5, 0.6) is 5.75 Å². The number of methoxy groups -OCH3 is 1. The quantitative estimate of drug-likeness (QED) is 0.454. The fourth-order valence-corrected chi connectivity index (χ4v) is 5.04. The summed E-state index contributed by atoms with van der Waals surface area (Å²) in [5, 5.41) is 0.487. The van der Waals surface area contributed by atoms with Gasteiger partial charge in [0.1, 0.15) is 11.3 Å². The summed E-state index contributed by atoms with van der Waals surface area (Å²) in [6.07, 6.45) is 3.59. The molecular weight excluding hydrogens is 442 g/mol. The van der Waals surface area contributed by atoms with Crippen molar-refractivity contribution in [3.63, 3.8) is 0 Å². The van der Waals surface area contributed by atoms with E-state index in [1.165, 1.54) is 41.7 Å². The zero-order chi connectivity index (χ0) is 22.4. The number of esters is 1. The molecule has 1 saturated heterocycles. The monoisotopic (exact) mass is 465 g/mol. The molecule has 0 atom stereocenters. The second kappa shape index (κ2) is 10.3. The van der Waals surface area contributed by atoms with Crippen molar-refractivity contribution in [3.8, 4) is 5.75 Å². The van der Waals surface area contributed by atoms with Crippen molar-refractivity contribution in [2.24, 2.45) is 0 Å². The molecule has 1 aliphatic heterocycles. The van der Waals surface area contributed by atoms with Gasteiger partial charge in [0.25, 0.3) is 0 Å². The van der Waals surface area contributed by atoms with Crippen LogP contribution in [0.25, 0.3) is 0 Å². The maximum absolute atomic E-state index is 13.1. The first-order valence-electron chi connectivity index (χ1n) is 9.97. The van der Waals surface area contributed by atoms with Gasteiger partial charge in [-0.2, -0.15) is 4.31 Å². The van der Waals surface area contributed by atoms with Crippen LogP contribution >= 0.6 is 11.6 Å². The van der Waals surface area contributed by atoms with Crippen LogP contribution in [0.15, 0.2) is 47.4 Å². The van der Waals surface area contributed by atoms with E-state index < -0.39 is 28.4 Å². The Labute approximate surface area is 187 Å². The average molecular weight is 466 g/mol. The molecular formula is C22H24ClNO6S. The Balaban J connectivity index is 1.78. The predicted molar refractivity (Wildman–Crippen MR) is 116 cm³/mol. The molecule has 0 saturated carbocycles. The Kier molecular flexibility index (Phi) is 7.69. The van der Waals surface area contributed by atoms with E-state index in [2.05, 4.69) is 0 Å². The zero-order valence-electron chi connectivity index (χ0n) is 17.2. The fraction of sp³-hybridized carbons (Fsp3) is 0.364. The van der Waals surface area contributed by atoms with E-state index in [4.69, 9.17) is 21.1 Å². The number of ether oxygens (including phenoxy) is 2. The average Bonchev–Trinajstić information content (AvgIpc) is 3.07. The van der Waals surface area contributed by atoms with Crippen LogP contribution in [0.4, 0.5) is 0 Å². The lowest BCUT2D eigenvalue weighted by Crippen LogP contribution is -2.32. The number of hydrogen-bond acceptors (Lipinski definition) is 6. The number of nitrogens with zero attached hydrogens (tertiary/aromatic N) is 1. The summed E-state index contributed by atoms with van der Waals surface area (Å²) in [4.78, 5) is 24.9. The number of carbonyl (C=O) groups excluding carboxylic acids is 2. The van der Waals surface area contributed by atoms with Gasteiger partial charge in [-0.1, -0.05) is 24.4 Å². The molecule has 0 unspecified atom stereocenters. The lowest BCUT2D eigenvalue weighted by Gasteiger charge is -2.20.